The van der Waals surface area contributed by atoms with E-state index in [1.54, 1.807) is 27.2 Å². The number of methoxy groups -OCH3 is 2. The molecule has 0 radical (unpaired) electrons. The van der Waals surface area contributed by atoms with Gasteiger partial charge in [0.2, 0.25) is 0 Å². The Bertz CT molecular complexity index is 333. The molecule has 1 atom stereocenters. The van der Waals surface area contributed by atoms with E-state index in [0.717, 1.165) is 5.56 Å². The van der Waals surface area contributed by atoms with Gasteiger partial charge in [-0.1, -0.05) is 24.3 Å². The molecule has 0 fully saturated rings. The highest BCUT2D eigenvalue weighted by Crippen LogP contribution is 2.21. The summed E-state index contributed by atoms with van der Waals surface area (Å²) < 4.78 is 10.3. The van der Waals surface area contributed by atoms with Crippen molar-refractivity contribution in [3.05, 3.63) is 35.4 Å². The van der Waals surface area contributed by atoms with Crippen molar-refractivity contribution in [3.8, 4) is 0 Å². The number of ketones is 1. The first-order valence-electron chi connectivity index (χ1n) is 4.82. The fourth-order valence-corrected chi connectivity index (χ4v) is 1.53. The van der Waals surface area contributed by atoms with Gasteiger partial charge in [-0.3, -0.25) is 4.79 Å². The Morgan fingerprint density at radius 1 is 1.33 bits per heavy atom. The highest BCUT2D eigenvalue weighted by Gasteiger charge is 2.16. The maximum atomic E-state index is 11.4. The summed E-state index contributed by atoms with van der Waals surface area (Å²) in [5, 5.41) is 0. The highest BCUT2D eigenvalue weighted by molar-refractivity contribution is 5.95. The van der Waals surface area contributed by atoms with Crippen molar-refractivity contribution < 1.29 is 14.3 Å². The van der Waals surface area contributed by atoms with Crippen LogP contribution < -0.4 is 0 Å². The predicted octanol–water partition coefficient (Wildman–Crippen LogP) is 2.22. The number of Topliss-reactive ketones (excluding diaryl/α,β-unsaturated/α-hetero) is 1. The van der Waals surface area contributed by atoms with Crippen molar-refractivity contribution in [2.75, 3.05) is 20.8 Å². The van der Waals surface area contributed by atoms with Crippen molar-refractivity contribution in [2.45, 2.75) is 13.0 Å². The third kappa shape index (κ3) is 2.88. The molecule has 82 valence electrons. The Hall–Kier alpha value is -1.19. The number of rotatable bonds is 5. The van der Waals surface area contributed by atoms with Crippen LogP contribution in [-0.2, 0) is 9.47 Å². The lowest BCUT2D eigenvalue weighted by Gasteiger charge is -2.17. The minimum Gasteiger partial charge on any atom is -0.382 e. The van der Waals surface area contributed by atoms with Crippen LogP contribution in [0.25, 0.3) is 0 Å². The van der Waals surface area contributed by atoms with E-state index in [0.29, 0.717) is 12.2 Å². The number of benzene rings is 1. The lowest BCUT2D eigenvalue weighted by Crippen LogP contribution is -2.12. The van der Waals surface area contributed by atoms with Crippen LogP contribution in [0.2, 0.25) is 0 Å². The van der Waals surface area contributed by atoms with E-state index in [9.17, 15) is 4.79 Å². The van der Waals surface area contributed by atoms with Gasteiger partial charge in [0.15, 0.2) is 5.78 Å². The van der Waals surface area contributed by atoms with Crippen LogP contribution in [0.4, 0.5) is 0 Å². The van der Waals surface area contributed by atoms with E-state index < -0.39 is 0 Å². The molecule has 3 heteroatoms. The summed E-state index contributed by atoms with van der Waals surface area (Å²) in [6, 6.07) is 7.44. The molecule has 1 aromatic carbocycles. The summed E-state index contributed by atoms with van der Waals surface area (Å²) >= 11 is 0. The molecule has 0 aliphatic carbocycles. The van der Waals surface area contributed by atoms with Gasteiger partial charge in [-0.25, -0.2) is 0 Å². The maximum absolute atomic E-state index is 11.4. The minimum absolute atomic E-state index is 0.0451. The average molecular weight is 208 g/mol. The smallest absolute Gasteiger partial charge is 0.160 e. The quantitative estimate of drug-likeness (QED) is 0.696. The van der Waals surface area contributed by atoms with Crippen LogP contribution in [0.1, 0.15) is 28.9 Å². The molecule has 0 saturated carbocycles. The summed E-state index contributed by atoms with van der Waals surface area (Å²) in [6.07, 6.45) is -0.185. The van der Waals surface area contributed by atoms with Gasteiger partial charge >= 0.3 is 0 Å². The van der Waals surface area contributed by atoms with Crippen molar-refractivity contribution >= 4 is 5.78 Å². The molecule has 1 rings (SSSR count). The van der Waals surface area contributed by atoms with Crippen LogP contribution >= 0.6 is 0 Å². The van der Waals surface area contributed by atoms with Crippen molar-refractivity contribution in [3.63, 3.8) is 0 Å². The second-order valence-corrected chi connectivity index (χ2v) is 3.32. The lowest BCUT2D eigenvalue weighted by molar-refractivity contribution is 0.0269. The molecule has 0 aliphatic rings. The zero-order valence-corrected chi connectivity index (χ0v) is 9.32. The fraction of sp³-hybridized carbons (Fsp3) is 0.417. The first-order valence-corrected chi connectivity index (χ1v) is 4.82. The molecule has 1 unspecified atom stereocenters. The van der Waals surface area contributed by atoms with Gasteiger partial charge in [0, 0.05) is 19.8 Å². The van der Waals surface area contributed by atoms with Gasteiger partial charge in [0.1, 0.15) is 6.10 Å². The molecule has 0 aromatic heterocycles. The second-order valence-electron chi connectivity index (χ2n) is 3.32. The average Bonchev–Trinajstić information content (AvgIpc) is 2.26. The number of hydrogen-bond donors (Lipinski definition) is 0. The van der Waals surface area contributed by atoms with Gasteiger partial charge in [0.05, 0.1) is 6.61 Å². The Morgan fingerprint density at radius 3 is 2.53 bits per heavy atom. The van der Waals surface area contributed by atoms with Crippen LogP contribution in [0.5, 0.6) is 0 Å². The van der Waals surface area contributed by atoms with Crippen molar-refractivity contribution in [1.82, 2.24) is 0 Å². The Labute approximate surface area is 90.0 Å². The Morgan fingerprint density at radius 2 is 2.00 bits per heavy atom. The first-order chi connectivity index (χ1) is 7.20. The molecule has 0 bridgehead atoms. The van der Waals surface area contributed by atoms with Gasteiger partial charge in [-0.05, 0) is 12.5 Å². The summed E-state index contributed by atoms with van der Waals surface area (Å²) in [5.41, 5.74) is 1.58. The molecule has 15 heavy (non-hydrogen) atoms. The second kappa shape index (κ2) is 5.63. The zero-order valence-electron chi connectivity index (χ0n) is 9.32. The monoisotopic (exact) mass is 208 g/mol. The number of ether oxygens (including phenoxy) is 2. The molecule has 1 aromatic rings. The topological polar surface area (TPSA) is 35.5 Å². The van der Waals surface area contributed by atoms with Crippen LogP contribution in [-0.4, -0.2) is 26.6 Å². The molecular formula is C12H16O3. The third-order valence-corrected chi connectivity index (χ3v) is 2.29. The number of carbonyl (C=O) groups is 1. The standard InChI is InChI=1S/C12H16O3/c1-9(13)10-6-4-5-7-11(10)12(15-3)8-14-2/h4-7,12H,8H2,1-3H3. The fourth-order valence-electron chi connectivity index (χ4n) is 1.53. The molecule has 3 nitrogen and oxygen atoms in total. The maximum Gasteiger partial charge on any atom is 0.160 e. The van der Waals surface area contributed by atoms with E-state index in [4.69, 9.17) is 9.47 Å². The summed E-state index contributed by atoms with van der Waals surface area (Å²) in [7, 11) is 3.23. The van der Waals surface area contributed by atoms with Crippen LogP contribution in [0.15, 0.2) is 24.3 Å². The molecule has 0 aliphatic heterocycles. The zero-order chi connectivity index (χ0) is 11.3. The molecule has 0 spiro atoms. The SMILES string of the molecule is COCC(OC)c1ccccc1C(C)=O. The molecular weight excluding hydrogens is 192 g/mol. The lowest BCUT2D eigenvalue weighted by atomic mass is 10.00. The first kappa shape index (κ1) is 11.9. The summed E-state index contributed by atoms with van der Waals surface area (Å²) in [6.45, 7) is 2.00. The molecule has 0 saturated heterocycles. The van der Waals surface area contributed by atoms with E-state index >= 15 is 0 Å². The number of hydrogen-bond acceptors (Lipinski definition) is 3. The normalized spacial score (nSPS) is 12.5. The van der Waals surface area contributed by atoms with Gasteiger partial charge in [-0.2, -0.15) is 0 Å². The largest absolute Gasteiger partial charge is 0.382 e. The minimum atomic E-state index is -0.185. The Balaban J connectivity index is 3.04. The van der Waals surface area contributed by atoms with Crippen LogP contribution in [0.3, 0.4) is 0 Å². The van der Waals surface area contributed by atoms with E-state index in [-0.39, 0.29) is 11.9 Å². The van der Waals surface area contributed by atoms with E-state index in [1.165, 1.54) is 0 Å². The summed E-state index contributed by atoms with van der Waals surface area (Å²) in [5.74, 6) is 0.0451. The highest BCUT2D eigenvalue weighted by atomic mass is 16.5. The van der Waals surface area contributed by atoms with Gasteiger partial charge in [-0.15, -0.1) is 0 Å². The number of carbonyl (C=O) groups excluding carboxylic acids is 1. The van der Waals surface area contributed by atoms with E-state index in [2.05, 4.69) is 0 Å². The summed E-state index contributed by atoms with van der Waals surface area (Å²) in [4.78, 5) is 11.4. The Kier molecular flexibility index (Phi) is 4.46. The molecule has 0 amide bonds. The van der Waals surface area contributed by atoms with Crippen LogP contribution in [0, 0.1) is 0 Å². The van der Waals surface area contributed by atoms with Crippen molar-refractivity contribution in [2.24, 2.45) is 0 Å². The van der Waals surface area contributed by atoms with E-state index in [1.807, 2.05) is 18.2 Å². The van der Waals surface area contributed by atoms with Gasteiger partial charge in [0.25, 0.3) is 0 Å². The predicted molar refractivity (Wildman–Crippen MR) is 58.1 cm³/mol. The molecule has 0 heterocycles. The van der Waals surface area contributed by atoms with Gasteiger partial charge < -0.3 is 9.47 Å². The van der Waals surface area contributed by atoms with Crippen molar-refractivity contribution in [1.29, 1.82) is 0 Å². The third-order valence-electron chi connectivity index (χ3n) is 2.29. The molecule has 0 N–H and O–H groups in total.